The number of ether oxygens (including phenoxy) is 8. The van der Waals surface area contributed by atoms with Gasteiger partial charge in [0.05, 0.1) is 32.5 Å². The number of allylic oxidation sites excluding steroid dienone is 2. The number of rotatable bonds is 14. The molecule has 2 aromatic heterocycles. The maximum Gasteiger partial charge on any atom is 0.495 e. The van der Waals surface area contributed by atoms with Gasteiger partial charge in [0.2, 0.25) is 5.43 Å². The normalized spacial score (nSPS) is 12.1. The van der Waals surface area contributed by atoms with E-state index in [4.69, 9.17) is 65.9 Å². The molecule has 20 nitrogen and oxygen atoms in total. The van der Waals surface area contributed by atoms with Gasteiger partial charge in [-0.2, -0.15) is 19.2 Å². The van der Waals surface area contributed by atoms with Crippen LogP contribution < -0.4 is 35.3 Å². The monoisotopic (exact) mass is 1230 g/mol. The molecule has 0 aliphatic heterocycles. The first-order chi connectivity index (χ1) is 38.7. The summed E-state index contributed by atoms with van der Waals surface area (Å²) in [6, 6.07) is 10.9. The number of fused-ring (bicyclic) bond motifs is 4. The summed E-state index contributed by atoms with van der Waals surface area (Å²) in [4.78, 5) is 83.9. The van der Waals surface area contributed by atoms with Crippen molar-refractivity contribution in [1.29, 1.82) is 0 Å². The van der Waals surface area contributed by atoms with Crippen LogP contribution in [0, 0.1) is 27.7 Å². The number of Topliss-reactive ketones (excluding diaryl/α,β-unsaturated/α-hetero) is 2. The van der Waals surface area contributed by atoms with E-state index in [0.29, 0.717) is 61.4 Å². The zero-order valence-corrected chi connectivity index (χ0v) is 49.8. The highest BCUT2D eigenvalue weighted by Gasteiger charge is 2.30. The third kappa shape index (κ3) is 17.7. The molecule has 0 radical (unpaired) electrons. The van der Waals surface area contributed by atoms with Crippen molar-refractivity contribution in [2.75, 3.05) is 55.6 Å². The fourth-order valence-corrected chi connectivity index (χ4v) is 9.63. The number of aryl methyl sites for hydroxylation is 2. The Kier molecular flexibility index (Phi) is 28.0. The molecule has 0 spiro atoms. The molecule has 6 aromatic rings. The van der Waals surface area contributed by atoms with Crippen LogP contribution in [-0.4, -0.2) is 96.6 Å². The number of hydrogen-bond acceptors (Lipinski definition) is 20. The van der Waals surface area contributed by atoms with Gasteiger partial charge in [0, 0.05) is 46.9 Å². The summed E-state index contributed by atoms with van der Waals surface area (Å²) < 4.78 is 54.0. The highest BCUT2D eigenvalue weighted by Crippen LogP contribution is 2.40. The molecule has 0 atom stereocenters. The molecule has 0 unspecified atom stereocenters. The SMILES string of the molecule is C.C.COCOc1cc2c(cc1OCOC)CC(=O)C(Br)=C2.COCOc1cc2c(cc1OCOC)CC(=O)C(c1coc3cc(C)c(C)c(C(C)(C)C)c3c1=O)=C2.Cc1cc2occ(B(O)O)c(=O)c2c(C(C)(C)C)c1C.O=C=O.O=C=O. The van der Waals surface area contributed by atoms with E-state index >= 15 is 0 Å². The van der Waals surface area contributed by atoms with Crippen molar-refractivity contribution in [3.05, 3.63) is 135 Å². The third-order valence-corrected chi connectivity index (χ3v) is 13.5. The number of carbonyl (C=O) groups is 2. The standard InChI is InChI=1S/C29H32O7.C15H19BO4.C14H15BrO5.2CO2.2CH4/c1-16-8-25-26(27(17(16)2)29(3,4)5)28(31)21(13-34-25)20-9-18-11-23(35-14-32-6)24(36-15-33-7)12-19(18)10-22(20)30;1-8-6-11-12(13(9(8)2)15(3,4)5)14(17)10(7-20-11)16(18)19;1-17-7-19-13-5-9-3-11(15)12(16)4-10(9)6-14(13)20-8-18-2;2*2-1-3;;/h8-9,11-13H,10,14-15H2,1-7H3;6-7,18-19H,1-5H3;3,5-6H,4,7-8H2,1-2H3;;;2*1H4. The molecular formula is C62H74BBrO20. The van der Waals surface area contributed by atoms with Crippen molar-refractivity contribution < 1.29 is 85.5 Å². The van der Waals surface area contributed by atoms with Crippen LogP contribution in [0.15, 0.2) is 71.8 Å². The number of carbonyl (C=O) groups excluding carboxylic acids is 6. The smallest absolute Gasteiger partial charge is 0.464 e. The highest BCUT2D eigenvalue weighted by atomic mass is 79.9. The van der Waals surface area contributed by atoms with Gasteiger partial charge < -0.3 is 56.8 Å². The van der Waals surface area contributed by atoms with E-state index in [1.54, 1.807) is 37.5 Å². The fraction of sp³-hybridized carbons (Fsp3) is 0.387. The lowest BCUT2D eigenvalue weighted by atomic mass is 9.77. The molecule has 2 heterocycles. The predicted molar refractivity (Wildman–Crippen MR) is 320 cm³/mol. The second-order valence-corrected chi connectivity index (χ2v) is 21.5. The van der Waals surface area contributed by atoms with E-state index in [1.807, 2.05) is 66.7 Å². The van der Waals surface area contributed by atoms with E-state index in [0.717, 1.165) is 61.9 Å². The Balaban J connectivity index is 0.000000430. The van der Waals surface area contributed by atoms with Crippen LogP contribution in [0.1, 0.15) is 118 Å². The Morgan fingerprint density at radius 2 is 0.905 bits per heavy atom. The molecule has 0 bridgehead atoms. The molecule has 452 valence electrons. The third-order valence-electron chi connectivity index (χ3n) is 12.9. The van der Waals surface area contributed by atoms with Gasteiger partial charge in [-0.1, -0.05) is 56.4 Å². The van der Waals surface area contributed by atoms with Crippen LogP contribution in [0.3, 0.4) is 0 Å². The van der Waals surface area contributed by atoms with Crippen molar-refractivity contribution in [2.24, 2.45) is 0 Å². The summed E-state index contributed by atoms with van der Waals surface area (Å²) in [6.45, 7) is 20.6. The van der Waals surface area contributed by atoms with Crippen molar-refractivity contribution in [3.8, 4) is 23.0 Å². The van der Waals surface area contributed by atoms with Gasteiger partial charge in [0.15, 0.2) is 67.2 Å². The zero-order chi connectivity index (χ0) is 61.4. The number of benzene rings is 4. The van der Waals surface area contributed by atoms with E-state index in [2.05, 4.69) is 36.7 Å². The maximum atomic E-state index is 13.9. The molecule has 0 amide bonds. The first-order valence-corrected chi connectivity index (χ1v) is 25.9. The Morgan fingerprint density at radius 1 is 0.548 bits per heavy atom. The summed E-state index contributed by atoms with van der Waals surface area (Å²) in [5.74, 6) is 1.85. The number of methoxy groups -OCH3 is 4. The molecule has 2 aliphatic rings. The van der Waals surface area contributed by atoms with Gasteiger partial charge in [0.1, 0.15) is 17.4 Å². The molecule has 0 saturated heterocycles. The Bertz CT molecular complexity index is 3550. The summed E-state index contributed by atoms with van der Waals surface area (Å²) in [5, 5.41) is 19.5. The number of ketones is 2. The van der Waals surface area contributed by atoms with E-state index in [9.17, 15) is 29.2 Å². The average molecular weight is 1230 g/mol. The van der Waals surface area contributed by atoms with Crippen molar-refractivity contribution in [1.82, 2.24) is 0 Å². The average Bonchev–Trinajstić information content (AvgIpc) is 1.82. The van der Waals surface area contributed by atoms with Gasteiger partial charge >= 0.3 is 19.4 Å². The molecule has 2 aliphatic carbocycles. The Morgan fingerprint density at radius 3 is 1.29 bits per heavy atom. The molecule has 0 saturated carbocycles. The second kappa shape index (κ2) is 32.4. The van der Waals surface area contributed by atoms with Crippen LogP contribution >= 0.6 is 15.9 Å². The Labute approximate surface area is 496 Å². The molecule has 0 fully saturated rings. The summed E-state index contributed by atoms with van der Waals surface area (Å²) in [5.41, 5.74) is 9.69. The van der Waals surface area contributed by atoms with Gasteiger partial charge in [0.25, 0.3) is 0 Å². The fourth-order valence-electron chi connectivity index (χ4n) is 9.24. The van der Waals surface area contributed by atoms with Gasteiger partial charge in [-0.25, -0.2) is 0 Å². The Hall–Kier alpha value is -7.62. The van der Waals surface area contributed by atoms with Crippen molar-refractivity contribution in [2.45, 2.75) is 108 Å². The molecule has 84 heavy (non-hydrogen) atoms. The van der Waals surface area contributed by atoms with E-state index in [-0.39, 0.29) is 105 Å². The zero-order valence-electron chi connectivity index (χ0n) is 48.2. The topological polar surface area (TPSA) is 277 Å². The van der Waals surface area contributed by atoms with Gasteiger partial charge in [-0.3, -0.25) is 19.2 Å². The minimum absolute atomic E-state index is 0. The minimum atomic E-state index is -1.83. The molecule has 4 aromatic carbocycles. The lowest BCUT2D eigenvalue weighted by Crippen LogP contribution is -2.41. The van der Waals surface area contributed by atoms with Crippen molar-refractivity contribution in [3.63, 3.8) is 0 Å². The van der Waals surface area contributed by atoms with Crippen molar-refractivity contribution >= 4 is 92.0 Å². The number of hydrogen-bond donors (Lipinski definition) is 2. The largest absolute Gasteiger partial charge is 0.495 e. The first kappa shape index (κ1) is 72.5. The van der Waals surface area contributed by atoms with Gasteiger partial charge in [-0.05, 0) is 159 Å². The van der Waals surface area contributed by atoms with Crippen LogP contribution in [0.5, 0.6) is 23.0 Å². The summed E-state index contributed by atoms with van der Waals surface area (Å²) in [6.07, 6.45) is 6.97. The van der Waals surface area contributed by atoms with Crippen LogP contribution in [0.4, 0.5) is 0 Å². The summed E-state index contributed by atoms with van der Waals surface area (Å²) in [7, 11) is 4.31. The quantitative estimate of drug-likeness (QED) is 0.0758. The number of halogens is 1. The molecule has 2 N–H and O–H groups in total. The van der Waals surface area contributed by atoms with E-state index in [1.165, 1.54) is 27.6 Å². The lowest BCUT2D eigenvalue weighted by molar-refractivity contribution is -0.193. The van der Waals surface area contributed by atoms with Crippen LogP contribution in [0.25, 0.3) is 39.7 Å². The second-order valence-electron chi connectivity index (χ2n) is 20.6. The molecular weight excluding hydrogens is 1160 g/mol. The molecule has 22 heteroatoms. The minimum Gasteiger partial charge on any atom is -0.464 e. The maximum absolute atomic E-state index is 13.9. The first-order valence-electron chi connectivity index (χ1n) is 25.1. The lowest BCUT2D eigenvalue weighted by Gasteiger charge is -2.25. The predicted octanol–water partition coefficient (Wildman–Crippen LogP) is 9.34. The summed E-state index contributed by atoms with van der Waals surface area (Å²) >= 11 is 3.26. The van der Waals surface area contributed by atoms with Gasteiger partial charge in [-0.15, -0.1) is 0 Å². The van der Waals surface area contributed by atoms with Crippen LogP contribution in [0.2, 0.25) is 0 Å². The van der Waals surface area contributed by atoms with E-state index < -0.39 is 7.12 Å². The van der Waals surface area contributed by atoms with Crippen LogP contribution in [-0.2, 0) is 71.4 Å². The molecule has 8 rings (SSSR count). The highest BCUT2D eigenvalue weighted by molar-refractivity contribution is 9.12.